The molecule has 2 aliphatic rings. The van der Waals surface area contributed by atoms with Gasteiger partial charge in [0, 0.05) is 16.2 Å². The molecule has 112 valence electrons. The lowest BCUT2D eigenvalue weighted by Crippen LogP contribution is -2.53. The fraction of sp³-hybridized carbons (Fsp3) is 0.588. The van der Waals surface area contributed by atoms with Crippen molar-refractivity contribution >= 4 is 11.3 Å². The van der Waals surface area contributed by atoms with Gasteiger partial charge in [-0.1, -0.05) is 25.5 Å². The van der Waals surface area contributed by atoms with Crippen LogP contribution in [0.1, 0.15) is 36.6 Å². The molecular formula is C17H21NO2S. The van der Waals surface area contributed by atoms with Gasteiger partial charge in [0.05, 0.1) is 19.3 Å². The Morgan fingerprint density at radius 1 is 1.48 bits per heavy atom. The predicted octanol–water partition coefficient (Wildman–Crippen LogP) is 3.52. The molecule has 3 nitrogen and oxygen atoms in total. The highest BCUT2D eigenvalue weighted by molar-refractivity contribution is 7.12. The van der Waals surface area contributed by atoms with E-state index in [0.29, 0.717) is 18.4 Å². The Morgan fingerprint density at radius 2 is 2.24 bits per heavy atom. The van der Waals surface area contributed by atoms with Gasteiger partial charge >= 0.3 is 0 Å². The monoisotopic (exact) mass is 303 g/mol. The van der Waals surface area contributed by atoms with Gasteiger partial charge in [0.1, 0.15) is 10.9 Å². The Kier molecular flexibility index (Phi) is 3.69. The van der Waals surface area contributed by atoms with Crippen molar-refractivity contribution in [2.45, 2.75) is 26.9 Å². The molecule has 5 atom stereocenters. The Hall–Kier alpha value is -1.15. The highest BCUT2D eigenvalue weighted by atomic mass is 32.1. The van der Waals surface area contributed by atoms with Crippen LogP contribution in [0.3, 0.4) is 0 Å². The zero-order valence-electron chi connectivity index (χ0n) is 12.7. The number of fused-ring (bicyclic) bond motifs is 2. The number of aliphatic hydroxyl groups is 1. The molecule has 0 aromatic carbocycles. The summed E-state index contributed by atoms with van der Waals surface area (Å²) in [6.07, 6.45) is 2.31. The maximum atomic E-state index is 9.97. The van der Waals surface area contributed by atoms with E-state index < -0.39 is 0 Å². The Morgan fingerprint density at radius 3 is 2.86 bits per heavy atom. The summed E-state index contributed by atoms with van der Waals surface area (Å²) in [7, 11) is 0. The molecule has 21 heavy (non-hydrogen) atoms. The van der Waals surface area contributed by atoms with E-state index in [2.05, 4.69) is 32.9 Å². The van der Waals surface area contributed by atoms with Crippen molar-refractivity contribution < 1.29 is 9.84 Å². The van der Waals surface area contributed by atoms with E-state index in [-0.39, 0.29) is 24.0 Å². The first-order chi connectivity index (χ1) is 10.0. The Labute approximate surface area is 129 Å². The highest BCUT2D eigenvalue weighted by Crippen LogP contribution is 2.56. The average Bonchev–Trinajstić information content (AvgIpc) is 2.94. The maximum Gasteiger partial charge on any atom is 0.110 e. The van der Waals surface area contributed by atoms with Gasteiger partial charge in [-0.05, 0) is 30.9 Å². The summed E-state index contributed by atoms with van der Waals surface area (Å²) in [4.78, 5) is 1.85. The Bertz CT molecular complexity index is 615. The number of rotatable bonds is 2. The molecule has 1 N–H and O–H groups in total. The second kappa shape index (κ2) is 5.24. The molecule has 2 bridgehead atoms. The smallest absolute Gasteiger partial charge is 0.110 e. The van der Waals surface area contributed by atoms with Crippen molar-refractivity contribution in [1.29, 1.82) is 5.26 Å². The second-order valence-corrected chi connectivity index (χ2v) is 7.57. The van der Waals surface area contributed by atoms with Crippen LogP contribution in [0.2, 0.25) is 0 Å². The van der Waals surface area contributed by atoms with Crippen LogP contribution in [0.5, 0.6) is 0 Å². The molecular weight excluding hydrogens is 282 g/mol. The molecule has 2 heterocycles. The van der Waals surface area contributed by atoms with E-state index in [9.17, 15) is 5.11 Å². The number of hydrogen-bond donors (Lipinski definition) is 1. The van der Waals surface area contributed by atoms with Crippen LogP contribution < -0.4 is 0 Å². The van der Waals surface area contributed by atoms with Crippen molar-refractivity contribution in [3.05, 3.63) is 33.5 Å². The second-order valence-electron chi connectivity index (χ2n) is 6.45. The minimum Gasteiger partial charge on any atom is -0.396 e. The first-order valence-corrected chi connectivity index (χ1v) is 8.25. The van der Waals surface area contributed by atoms with Crippen molar-refractivity contribution in [3.63, 3.8) is 0 Å². The lowest BCUT2D eigenvalue weighted by Gasteiger charge is -2.54. The third-order valence-electron chi connectivity index (χ3n) is 5.56. The summed E-state index contributed by atoms with van der Waals surface area (Å²) in [6, 6.07) is 6.08. The van der Waals surface area contributed by atoms with Gasteiger partial charge in [-0.3, -0.25) is 0 Å². The van der Waals surface area contributed by atoms with E-state index in [1.54, 1.807) is 0 Å². The summed E-state index contributed by atoms with van der Waals surface area (Å²) in [5.41, 5.74) is 1.17. The van der Waals surface area contributed by atoms with Gasteiger partial charge in [-0.2, -0.15) is 5.26 Å². The number of aliphatic hydroxyl groups excluding tert-OH is 1. The van der Waals surface area contributed by atoms with Gasteiger partial charge in [0.25, 0.3) is 0 Å². The van der Waals surface area contributed by atoms with E-state index in [0.717, 1.165) is 9.75 Å². The zero-order valence-corrected chi connectivity index (χ0v) is 13.5. The van der Waals surface area contributed by atoms with Crippen LogP contribution in [0, 0.1) is 34.5 Å². The van der Waals surface area contributed by atoms with Crippen molar-refractivity contribution in [2.75, 3.05) is 13.2 Å². The third-order valence-corrected chi connectivity index (χ3v) is 6.61. The van der Waals surface area contributed by atoms with Crippen LogP contribution in [0.4, 0.5) is 0 Å². The lowest BCUT2D eigenvalue weighted by atomic mass is 9.56. The van der Waals surface area contributed by atoms with E-state index in [4.69, 9.17) is 10.00 Å². The summed E-state index contributed by atoms with van der Waals surface area (Å²) in [5.74, 6) is 0.980. The SMILES string of the molecule is CC1=CC(C)C2(CO)COC(c3ccc(C#N)s3)C1C2C. The minimum absolute atomic E-state index is 0.00975. The molecule has 3 rings (SSSR count). The largest absolute Gasteiger partial charge is 0.396 e. The van der Waals surface area contributed by atoms with Gasteiger partial charge in [-0.25, -0.2) is 0 Å². The summed E-state index contributed by atoms with van der Waals surface area (Å²) in [5, 5.41) is 19.0. The molecule has 1 fully saturated rings. The number of nitrogens with zero attached hydrogens (tertiary/aromatic N) is 1. The van der Waals surface area contributed by atoms with Gasteiger partial charge in [-0.15, -0.1) is 11.3 Å². The van der Waals surface area contributed by atoms with Crippen LogP contribution in [0.25, 0.3) is 0 Å². The average molecular weight is 303 g/mol. The zero-order chi connectivity index (χ0) is 15.2. The van der Waals surface area contributed by atoms with Crippen molar-refractivity contribution in [3.8, 4) is 6.07 Å². The number of nitriles is 1. The molecule has 0 saturated carbocycles. The molecule has 1 aliphatic carbocycles. The quantitative estimate of drug-likeness (QED) is 0.851. The van der Waals surface area contributed by atoms with Crippen LogP contribution >= 0.6 is 11.3 Å². The summed E-state index contributed by atoms with van der Waals surface area (Å²) >= 11 is 1.52. The molecule has 0 spiro atoms. The fourth-order valence-corrected chi connectivity index (χ4v) is 5.01. The summed E-state index contributed by atoms with van der Waals surface area (Å²) in [6.45, 7) is 7.32. The van der Waals surface area contributed by atoms with Gasteiger partial charge in [0.2, 0.25) is 0 Å². The van der Waals surface area contributed by atoms with Crippen LogP contribution in [0.15, 0.2) is 23.8 Å². The number of ether oxygens (including phenoxy) is 1. The van der Waals surface area contributed by atoms with E-state index >= 15 is 0 Å². The third kappa shape index (κ3) is 2.07. The molecule has 1 aliphatic heterocycles. The molecule has 0 radical (unpaired) electrons. The number of hydrogen-bond acceptors (Lipinski definition) is 4. The predicted molar refractivity (Wildman–Crippen MR) is 82.8 cm³/mol. The molecule has 5 unspecified atom stereocenters. The van der Waals surface area contributed by atoms with Crippen LogP contribution in [-0.4, -0.2) is 18.3 Å². The molecule has 1 aromatic rings. The Balaban J connectivity index is 2.01. The van der Waals surface area contributed by atoms with Gasteiger partial charge < -0.3 is 9.84 Å². The van der Waals surface area contributed by atoms with Crippen LogP contribution in [-0.2, 0) is 4.74 Å². The number of allylic oxidation sites excluding steroid dienone is 1. The summed E-state index contributed by atoms with van der Waals surface area (Å²) < 4.78 is 6.19. The lowest BCUT2D eigenvalue weighted by molar-refractivity contribution is -0.164. The van der Waals surface area contributed by atoms with E-state index in [1.807, 2.05) is 12.1 Å². The molecule has 1 saturated heterocycles. The topological polar surface area (TPSA) is 53.2 Å². The molecule has 1 aromatic heterocycles. The standard InChI is InChI=1S/C17H21NO2S/c1-10-6-11(2)17(8-19)9-20-16(15(10)12(17)3)14-5-4-13(7-18)21-14/h4-6,11-12,15-16,19H,8-9H2,1-3H3. The van der Waals surface area contributed by atoms with Gasteiger partial charge in [0.15, 0.2) is 0 Å². The first kappa shape index (κ1) is 14.8. The molecule has 4 heteroatoms. The molecule has 0 amide bonds. The number of thiophene rings is 1. The van der Waals surface area contributed by atoms with E-state index in [1.165, 1.54) is 16.9 Å². The van der Waals surface area contributed by atoms with Crippen molar-refractivity contribution in [1.82, 2.24) is 0 Å². The minimum atomic E-state index is -0.171. The maximum absolute atomic E-state index is 9.97. The van der Waals surface area contributed by atoms with Crippen molar-refractivity contribution in [2.24, 2.45) is 23.2 Å². The normalized spacial score (nSPS) is 38.7. The highest BCUT2D eigenvalue weighted by Gasteiger charge is 2.53. The first-order valence-electron chi connectivity index (χ1n) is 7.44. The fourth-order valence-electron chi connectivity index (χ4n) is 4.11.